The Labute approximate surface area is 385 Å². The van der Waals surface area contributed by atoms with Crippen LogP contribution in [0.1, 0.15) is 284 Å². The lowest BCUT2D eigenvalue weighted by atomic mass is 10.0. The maximum Gasteiger partial charge on any atom is 0.306 e. The fraction of sp³-hybridized carbons (Fsp3) is 0.839. The molecule has 0 N–H and O–H groups in total. The fourth-order valence-corrected chi connectivity index (χ4v) is 7.75. The average Bonchev–Trinajstić information content (AvgIpc) is 3.27. The predicted molar refractivity (Wildman–Crippen MR) is 266 cm³/mol. The van der Waals surface area contributed by atoms with Crippen molar-refractivity contribution in [3.63, 3.8) is 0 Å². The Kier molecular flexibility index (Phi) is 49.3. The second-order valence-corrected chi connectivity index (χ2v) is 18.1. The van der Waals surface area contributed by atoms with Gasteiger partial charge in [0.15, 0.2) is 6.10 Å². The number of rotatable bonds is 49. The van der Waals surface area contributed by atoms with Crippen molar-refractivity contribution in [1.82, 2.24) is 0 Å². The van der Waals surface area contributed by atoms with Gasteiger partial charge in [-0.25, -0.2) is 0 Å². The highest BCUT2D eigenvalue weighted by Gasteiger charge is 2.19. The fourth-order valence-electron chi connectivity index (χ4n) is 7.75. The summed E-state index contributed by atoms with van der Waals surface area (Å²) in [7, 11) is 0. The lowest BCUT2D eigenvalue weighted by Gasteiger charge is -2.18. The van der Waals surface area contributed by atoms with Gasteiger partial charge in [0.1, 0.15) is 13.2 Å². The minimum absolute atomic E-state index is 0.0762. The maximum absolute atomic E-state index is 12.7. The molecule has 0 bridgehead atoms. The first-order chi connectivity index (χ1) is 30.5. The molecule has 6 nitrogen and oxygen atoms in total. The molecule has 0 aliphatic heterocycles. The number of allylic oxidation sites excluding steroid dienone is 6. The van der Waals surface area contributed by atoms with Crippen LogP contribution < -0.4 is 0 Å². The molecule has 6 heteroatoms. The van der Waals surface area contributed by atoms with Gasteiger partial charge in [-0.05, 0) is 70.6 Å². The highest BCUT2D eigenvalue weighted by Crippen LogP contribution is 2.16. The number of carbonyl (C=O) groups excluding carboxylic acids is 3. The monoisotopic (exact) mass is 871 g/mol. The van der Waals surface area contributed by atoms with E-state index in [0.717, 1.165) is 89.9 Å². The molecule has 1 unspecified atom stereocenters. The Bertz CT molecular complexity index is 1050. The Balaban J connectivity index is 4.04. The van der Waals surface area contributed by atoms with Crippen molar-refractivity contribution in [2.75, 3.05) is 13.2 Å². The Morgan fingerprint density at radius 3 is 0.952 bits per heavy atom. The second kappa shape index (κ2) is 51.3. The van der Waals surface area contributed by atoms with E-state index in [2.05, 4.69) is 57.2 Å². The summed E-state index contributed by atoms with van der Waals surface area (Å²) in [4.78, 5) is 37.6. The molecule has 362 valence electrons. The summed E-state index contributed by atoms with van der Waals surface area (Å²) in [5, 5.41) is 0. The predicted octanol–water partition coefficient (Wildman–Crippen LogP) is 17.7. The number of ether oxygens (including phenoxy) is 3. The standard InChI is InChI=1S/C56H102O6/c1-4-7-10-13-15-17-19-21-23-24-25-26-27-28-29-30-31-32-33-35-36-38-40-43-46-49-55(58)61-52-53(51-60-54(57)48-45-42-12-9-6-3)62-56(59)50-47-44-41-39-37-34-22-20-18-16-14-11-8-5-2/h14,16,20,22,24-25,53H,4-13,15,17-19,21,23,26-52H2,1-3H3/b16-14-,22-20-,25-24-. The van der Waals surface area contributed by atoms with Crippen molar-refractivity contribution in [1.29, 1.82) is 0 Å². The Hall–Kier alpha value is -2.37. The number of unbranched alkanes of at least 4 members (excludes halogenated alkanes) is 32. The molecule has 0 heterocycles. The molecule has 1 atom stereocenters. The zero-order chi connectivity index (χ0) is 45.1. The van der Waals surface area contributed by atoms with Gasteiger partial charge in [-0.3, -0.25) is 14.4 Å². The van der Waals surface area contributed by atoms with E-state index < -0.39 is 6.10 Å². The van der Waals surface area contributed by atoms with Crippen molar-refractivity contribution >= 4 is 17.9 Å². The van der Waals surface area contributed by atoms with Crippen LogP contribution in [0.4, 0.5) is 0 Å². The van der Waals surface area contributed by atoms with Crippen LogP contribution in [0, 0.1) is 0 Å². The van der Waals surface area contributed by atoms with Gasteiger partial charge in [-0.15, -0.1) is 0 Å². The van der Waals surface area contributed by atoms with Crippen LogP contribution in [-0.2, 0) is 28.6 Å². The van der Waals surface area contributed by atoms with Crippen LogP contribution in [0.15, 0.2) is 36.5 Å². The van der Waals surface area contributed by atoms with Gasteiger partial charge < -0.3 is 14.2 Å². The molecule has 0 aliphatic rings. The number of carbonyl (C=O) groups is 3. The van der Waals surface area contributed by atoms with E-state index in [1.165, 1.54) is 154 Å². The molecule has 0 saturated heterocycles. The molecule has 0 rings (SSSR count). The molecular weight excluding hydrogens is 769 g/mol. The third kappa shape index (κ3) is 48.7. The quantitative estimate of drug-likeness (QED) is 0.0262. The number of hydrogen-bond acceptors (Lipinski definition) is 6. The third-order valence-electron chi connectivity index (χ3n) is 11.9. The van der Waals surface area contributed by atoms with Gasteiger partial charge in [0, 0.05) is 19.3 Å². The average molecular weight is 871 g/mol. The molecule has 0 aliphatic carbocycles. The van der Waals surface area contributed by atoms with Gasteiger partial charge in [0.25, 0.3) is 0 Å². The summed E-state index contributed by atoms with van der Waals surface area (Å²) in [5.41, 5.74) is 0. The van der Waals surface area contributed by atoms with E-state index in [0.29, 0.717) is 19.3 Å². The van der Waals surface area contributed by atoms with Crippen LogP contribution in [-0.4, -0.2) is 37.2 Å². The minimum atomic E-state index is -0.773. The molecule has 0 spiro atoms. The Morgan fingerprint density at radius 1 is 0.323 bits per heavy atom. The zero-order valence-electron chi connectivity index (χ0n) is 41.4. The molecule has 0 fully saturated rings. The molecule has 0 amide bonds. The molecule has 62 heavy (non-hydrogen) atoms. The topological polar surface area (TPSA) is 78.9 Å². The van der Waals surface area contributed by atoms with E-state index in [9.17, 15) is 14.4 Å². The first-order valence-corrected chi connectivity index (χ1v) is 27.0. The lowest BCUT2D eigenvalue weighted by Crippen LogP contribution is -2.30. The minimum Gasteiger partial charge on any atom is -0.462 e. The molecule has 0 saturated carbocycles. The van der Waals surface area contributed by atoms with E-state index in [4.69, 9.17) is 14.2 Å². The summed E-state index contributed by atoms with van der Waals surface area (Å²) in [6.45, 7) is 6.52. The van der Waals surface area contributed by atoms with Crippen LogP contribution in [0.2, 0.25) is 0 Å². The summed E-state index contributed by atoms with van der Waals surface area (Å²) >= 11 is 0. The zero-order valence-corrected chi connectivity index (χ0v) is 41.4. The third-order valence-corrected chi connectivity index (χ3v) is 11.9. The normalized spacial score (nSPS) is 12.2. The first-order valence-electron chi connectivity index (χ1n) is 27.0. The molecule has 0 radical (unpaired) electrons. The molecule has 0 aromatic carbocycles. The molecule has 0 aromatic rings. The summed E-state index contributed by atoms with van der Waals surface area (Å²) in [6.07, 6.45) is 60.4. The largest absolute Gasteiger partial charge is 0.462 e. The van der Waals surface area contributed by atoms with Crippen molar-refractivity contribution in [2.24, 2.45) is 0 Å². The van der Waals surface area contributed by atoms with Crippen LogP contribution >= 0.6 is 0 Å². The summed E-state index contributed by atoms with van der Waals surface area (Å²) in [5.74, 6) is -0.896. The van der Waals surface area contributed by atoms with Crippen molar-refractivity contribution in [3.8, 4) is 0 Å². The van der Waals surface area contributed by atoms with E-state index in [-0.39, 0.29) is 31.1 Å². The van der Waals surface area contributed by atoms with Gasteiger partial charge in [-0.2, -0.15) is 0 Å². The summed E-state index contributed by atoms with van der Waals surface area (Å²) in [6, 6.07) is 0. The van der Waals surface area contributed by atoms with Crippen LogP contribution in [0.25, 0.3) is 0 Å². The van der Waals surface area contributed by atoms with Crippen LogP contribution in [0.3, 0.4) is 0 Å². The van der Waals surface area contributed by atoms with E-state index in [1.54, 1.807) is 0 Å². The van der Waals surface area contributed by atoms with Crippen molar-refractivity contribution in [3.05, 3.63) is 36.5 Å². The highest BCUT2D eigenvalue weighted by molar-refractivity contribution is 5.71. The number of esters is 3. The van der Waals surface area contributed by atoms with Gasteiger partial charge in [0.05, 0.1) is 0 Å². The first kappa shape index (κ1) is 59.6. The molecule has 0 aromatic heterocycles. The van der Waals surface area contributed by atoms with E-state index in [1.807, 2.05) is 0 Å². The van der Waals surface area contributed by atoms with Crippen molar-refractivity contribution in [2.45, 2.75) is 290 Å². The van der Waals surface area contributed by atoms with Gasteiger partial charge in [-0.1, -0.05) is 231 Å². The van der Waals surface area contributed by atoms with Crippen LogP contribution in [0.5, 0.6) is 0 Å². The SMILES string of the molecule is CCCC/C=C\C/C=C\CCCCCCCC(=O)OC(COC(=O)CCCCCCC)COC(=O)CCCCCCCCCCCCCCC/C=C\CCCCCCCCCC. The van der Waals surface area contributed by atoms with Gasteiger partial charge in [0.2, 0.25) is 0 Å². The smallest absolute Gasteiger partial charge is 0.306 e. The number of hydrogen-bond donors (Lipinski definition) is 0. The summed E-state index contributed by atoms with van der Waals surface area (Å²) < 4.78 is 16.7. The molecular formula is C56H102O6. The highest BCUT2D eigenvalue weighted by atomic mass is 16.6. The second-order valence-electron chi connectivity index (χ2n) is 18.1. The van der Waals surface area contributed by atoms with Gasteiger partial charge >= 0.3 is 17.9 Å². The van der Waals surface area contributed by atoms with Crippen molar-refractivity contribution < 1.29 is 28.6 Å². The Morgan fingerprint density at radius 2 is 0.597 bits per heavy atom. The maximum atomic E-state index is 12.7. The lowest BCUT2D eigenvalue weighted by molar-refractivity contribution is -0.167. The van der Waals surface area contributed by atoms with E-state index >= 15 is 0 Å².